The summed E-state index contributed by atoms with van der Waals surface area (Å²) in [6.07, 6.45) is 0. The Hall–Kier alpha value is -4.64. The van der Waals surface area contributed by atoms with E-state index >= 15 is 0 Å². The maximum absolute atomic E-state index is 12.2. The second-order valence-corrected chi connectivity index (χ2v) is 9.11. The zero-order valence-electron chi connectivity index (χ0n) is 18.6. The van der Waals surface area contributed by atoms with Crippen molar-refractivity contribution in [3.8, 4) is 22.5 Å². The summed E-state index contributed by atoms with van der Waals surface area (Å²) in [5.41, 5.74) is 9.08. The average molecular weight is 488 g/mol. The molecule has 11 heteroatoms. The number of hydrogen-bond acceptors (Lipinski definition) is 7. The molecule has 0 atom stereocenters. The lowest BCUT2D eigenvalue weighted by Crippen LogP contribution is -2.28. The van der Waals surface area contributed by atoms with Gasteiger partial charge in [0, 0.05) is 18.1 Å². The summed E-state index contributed by atoms with van der Waals surface area (Å²) in [6, 6.07) is 24.2. The standard InChI is InChI=1S/C24H21N7O3S/c1-16(32)30-35(33,34)20-14-12-19(13-15-20)27-28-22-21(17-8-4-2-5-9-17)29-31(24(25)26)23(22)18-10-6-3-7-11-18/h2-15H,1H3,(H3,25,26)(H,30,32). The number of sulfonamides is 1. The minimum absolute atomic E-state index is 0.0778. The highest BCUT2D eigenvalue weighted by atomic mass is 32.2. The molecule has 3 aromatic carbocycles. The summed E-state index contributed by atoms with van der Waals surface area (Å²) >= 11 is 0. The third kappa shape index (κ3) is 5.14. The largest absolute Gasteiger partial charge is 0.368 e. The number of carbonyl (C=O) groups is 1. The summed E-state index contributed by atoms with van der Waals surface area (Å²) in [5.74, 6) is -0.965. The number of rotatable bonds is 6. The van der Waals surface area contributed by atoms with Gasteiger partial charge in [-0.15, -0.1) is 5.11 Å². The fourth-order valence-electron chi connectivity index (χ4n) is 3.37. The molecule has 0 aliphatic carbocycles. The number of benzene rings is 3. The van der Waals surface area contributed by atoms with Gasteiger partial charge in [-0.3, -0.25) is 10.2 Å². The second-order valence-electron chi connectivity index (χ2n) is 7.43. The molecule has 1 heterocycles. The number of nitrogens with two attached hydrogens (primary N) is 1. The van der Waals surface area contributed by atoms with Gasteiger partial charge in [-0.1, -0.05) is 60.7 Å². The highest BCUT2D eigenvalue weighted by molar-refractivity contribution is 7.90. The Kier molecular flexibility index (Phi) is 6.51. The summed E-state index contributed by atoms with van der Waals surface area (Å²) in [4.78, 5) is 11.1. The average Bonchev–Trinajstić information content (AvgIpc) is 3.23. The SMILES string of the molecule is CC(=O)NS(=O)(=O)c1ccc(N=Nc2c(-c3ccccc3)nn(C(=N)N)c2-c2ccccc2)cc1. The molecule has 0 spiro atoms. The predicted octanol–water partition coefficient (Wildman–Crippen LogP) is 4.20. The Labute approximate surface area is 201 Å². The van der Waals surface area contributed by atoms with E-state index < -0.39 is 15.9 Å². The Bertz CT molecular complexity index is 1510. The number of aromatic nitrogens is 2. The molecule has 0 saturated carbocycles. The van der Waals surface area contributed by atoms with Gasteiger partial charge in [-0.25, -0.2) is 13.1 Å². The van der Waals surface area contributed by atoms with Crippen molar-refractivity contribution in [3.63, 3.8) is 0 Å². The lowest BCUT2D eigenvalue weighted by Gasteiger charge is -2.06. The van der Waals surface area contributed by atoms with Crippen LogP contribution >= 0.6 is 0 Å². The van der Waals surface area contributed by atoms with Crippen molar-refractivity contribution in [1.82, 2.24) is 14.5 Å². The van der Waals surface area contributed by atoms with Crippen LogP contribution in [-0.2, 0) is 14.8 Å². The third-order valence-corrected chi connectivity index (χ3v) is 6.32. The van der Waals surface area contributed by atoms with Gasteiger partial charge < -0.3 is 5.73 Å². The van der Waals surface area contributed by atoms with Crippen LogP contribution < -0.4 is 10.5 Å². The van der Waals surface area contributed by atoms with Crippen molar-refractivity contribution in [1.29, 1.82) is 5.41 Å². The molecule has 0 fully saturated rings. The van der Waals surface area contributed by atoms with Gasteiger partial charge in [0.05, 0.1) is 10.6 Å². The fraction of sp³-hybridized carbons (Fsp3) is 0.0417. The number of nitrogens with one attached hydrogen (secondary N) is 2. The lowest BCUT2D eigenvalue weighted by atomic mass is 10.1. The van der Waals surface area contributed by atoms with E-state index in [1.807, 2.05) is 65.4 Å². The highest BCUT2D eigenvalue weighted by Crippen LogP contribution is 2.39. The van der Waals surface area contributed by atoms with Crippen LogP contribution in [0.15, 0.2) is 100 Å². The number of amides is 1. The van der Waals surface area contributed by atoms with E-state index in [1.54, 1.807) is 0 Å². The van der Waals surface area contributed by atoms with Gasteiger partial charge in [0.2, 0.25) is 11.9 Å². The molecule has 0 aliphatic rings. The van der Waals surface area contributed by atoms with Crippen molar-refractivity contribution >= 4 is 33.3 Å². The van der Waals surface area contributed by atoms with Crippen LogP contribution in [0.3, 0.4) is 0 Å². The summed E-state index contributed by atoms with van der Waals surface area (Å²) in [7, 11) is -3.96. The molecule has 0 radical (unpaired) electrons. The minimum Gasteiger partial charge on any atom is -0.368 e. The maximum Gasteiger partial charge on any atom is 0.264 e. The van der Waals surface area contributed by atoms with Crippen LogP contribution in [0.4, 0.5) is 11.4 Å². The molecule has 1 aromatic heterocycles. The molecule has 1 amide bonds. The summed E-state index contributed by atoms with van der Waals surface area (Å²) in [5, 5.41) is 21.3. The molecule has 4 aromatic rings. The molecule has 10 nitrogen and oxygen atoms in total. The second kappa shape index (κ2) is 9.69. The van der Waals surface area contributed by atoms with E-state index in [4.69, 9.17) is 11.1 Å². The number of nitrogen functional groups attached to an aromatic ring is 1. The molecule has 0 unspecified atom stereocenters. The van der Waals surface area contributed by atoms with Crippen molar-refractivity contribution in [2.24, 2.45) is 16.0 Å². The molecule has 35 heavy (non-hydrogen) atoms. The molecule has 4 rings (SSSR count). The van der Waals surface area contributed by atoms with Crippen LogP contribution in [0.2, 0.25) is 0 Å². The van der Waals surface area contributed by atoms with Gasteiger partial charge in [0.1, 0.15) is 17.1 Å². The zero-order valence-corrected chi connectivity index (χ0v) is 19.4. The van der Waals surface area contributed by atoms with Crippen molar-refractivity contribution < 1.29 is 13.2 Å². The summed E-state index contributed by atoms with van der Waals surface area (Å²) < 4.78 is 27.6. The van der Waals surface area contributed by atoms with Crippen LogP contribution in [0, 0.1) is 5.41 Å². The normalized spacial score (nSPS) is 11.5. The van der Waals surface area contributed by atoms with Gasteiger partial charge >= 0.3 is 0 Å². The molecular formula is C24H21N7O3S. The zero-order chi connectivity index (χ0) is 25.0. The first-order valence-corrected chi connectivity index (χ1v) is 11.9. The van der Waals surface area contributed by atoms with Crippen molar-refractivity contribution in [2.75, 3.05) is 0 Å². The predicted molar refractivity (Wildman–Crippen MR) is 132 cm³/mol. The maximum atomic E-state index is 12.2. The molecule has 4 N–H and O–H groups in total. The van der Waals surface area contributed by atoms with E-state index in [9.17, 15) is 13.2 Å². The van der Waals surface area contributed by atoms with Crippen LogP contribution in [0.1, 0.15) is 6.92 Å². The highest BCUT2D eigenvalue weighted by Gasteiger charge is 2.22. The lowest BCUT2D eigenvalue weighted by molar-refractivity contribution is -0.117. The van der Waals surface area contributed by atoms with Crippen LogP contribution in [-0.4, -0.2) is 30.1 Å². The number of azo groups is 1. The first-order valence-electron chi connectivity index (χ1n) is 10.4. The number of nitrogens with zero attached hydrogens (tertiary/aromatic N) is 4. The van der Waals surface area contributed by atoms with E-state index in [1.165, 1.54) is 28.9 Å². The van der Waals surface area contributed by atoms with Crippen molar-refractivity contribution in [3.05, 3.63) is 84.9 Å². The van der Waals surface area contributed by atoms with Gasteiger partial charge in [0.25, 0.3) is 10.0 Å². The van der Waals surface area contributed by atoms with Gasteiger partial charge in [-0.2, -0.15) is 14.9 Å². The topological polar surface area (TPSA) is 156 Å². The van der Waals surface area contributed by atoms with Crippen molar-refractivity contribution in [2.45, 2.75) is 11.8 Å². The molecule has 0 aliphatic heterocycles. The molecule has 0 bridgehead atoms. The third-order valence-electron chi connectivity index (χ3n) is 4.87. The van der Waals surface area contributed by atoms with Crippen LogP contribution in [0.5, 0.6) is 0 Å². The molecule has 0 saturated heterocycles. The van der Waals surface area contributed by atoms with E-state index in [2.05, 4.69) is 15.3 Å². The Morgan fingerprint density at radius 3 is 2.03 bits per heavy atom. The smallest absolute Gasteiger partial charge is 0.264 e. The first kappa shape index (κ1) is 23.5. The Morgan fingerprint density at radius 1 is 0.914 bits per heavy atom. The monoisotopic (exact) mass is 487 g/mol. The van der Waals surface area contributed by atoms with Crippen LogP contribution in [0.25, 0.3) is 22.5 Å². The Morgan fingerprint density at radius 2 is 1.49 bits per heavy atom. The molecular weight excluding hydrogens is 466 g/mol. The molecule has 176 valence electrons. The quantitative estimate of drug-likeness (QED) is 0.211. The first-order chi connectivity index (χ1) is 16.8. The van der Waals surface area contributed by atoms with E-state index in [-0.39, 0.29) is 10.9 Å². The number of carbonyl (C=O) groups excluding carboxylic acids is 1. The van der Waals surface area contributed by atoms with E-state index in [0.717, 1.165) is 18.1 Å². The minimum atomic E-state index is -3.96. The fourth-order valence-corrected chi connectivity index (χ4v) is 4.36. The van der Waals surface area contributed by atoms with E-state index in [0.29, 0.717) is 22.8 Å². The Balaban J connectivity index is 1.81. The van der Waals surface area contributed by atoms with Gasteiger partial charge in [-0.05, 0) is 24.3 Å². The van der Waals surface area contributed by atoms with Gasteiger partial charge in [0.15, 0.2) is 0 Å². The number of hydrogen-bond donors (Lipinski definition) is 3. The summed E-state index contributed by atoms with van der Waals surface area (Å²) in [6.45, 7) is 1.12.